The number of benzene rings is 1. The van der Waals surface area contributed by atoms with Gasteiger partial charge in [0, 0.05) is 11.6 Å². The number of esters is 1. The predicted molar refractivity (Wildman–Crippen MR) is 95.7 cm³/mol. The highest BCUT2D eigenvalue weighted by molar-refractivity contribution is 6.31. The summed E-state index contributed by atoms with van der Waals surface area (Å²) in [6.45, 7) is 3.14. The smallest absolute Gasteiger partial charge is 0.329 e. The van der Waals surface area contributed by atoms with E-state index in [-0.39, 0.29) is 10.9 Å². The SMILES string of the molecule is CC1=CC(=O)C(C(=O)/C=C/c2c(C)nn(-c3ccc(F)cc3)c2Cl)C(=O)O1. The van der Waals surface area contributed by atoms with Crippen molar-refractivity contribution in [3.8, 4) is 5.69 Å². The second-order valence-corrected chi connectivity index (χ2v) is 6.28. The van der Waals surface area contributed by atoms with Gasteiger partial charge in [-0.3, -0.25) is 14.4 Å². The Morgan fingerprint density at radius 1 is 1.26 bits per heavy atom. The van der Waals surface area contributed by atoms with Crippen LogP contribution in [0.4, 0.5) is 4.39 Å². The number of carbonyl (C=O) groups excluding carboxylic acids is 3. The maximum absolute atomic E-state index is 13.1. The second kappa shape index (κ2) is 7.28. The van der Waals surface area contributed by atoms with Gasteiger partial charge in [-0.2, -0.15) is 5.10 Å². The lowest BCUT2D eigenvalue weighted by Gasteiger charge is -2.15. The van der Waals surface area contributed by atoms with Crippen LogP contribution in [0.5, 0.6) is 0 Å². The van der Waals surface area contributed by atoms with Crippen LogP contribution in [0.1, 0.15) is 18.2 Å². The Balaban J connectivity index is 1.87. The number of ether oxygens (including phenoxy) is 1. The second-order valence-electron chi connectivity index (χ2n) is 5.93. The Morgan fingerprint density at radius 2 is 1.93 bits per heavy atom. The van der Waals surface area contributed by atoms with Gasteiger partial charge in [0.05, 0.1) is 11.4 Å². The first-order valence-corrected chi connectivity index (χ1v) is 8.32. The summed E-state index contributed by atoms with van der Waals surface area (Å²) in [5.74, 6) is -3.99. The number of rotatable bonds is 4. The summed E-state index contributed by atoms with van der Waals surface area (Å²) in [4.78, 5) is 36.0. The van der Waals surface area contributed by atoms with Crippen molar-refractivity contribution in [3.05, 3.63) is 64.4 Å². The third kappa shape index (κ3) is 3.73. The Labute approximate surface area is 158 Å². The standard InChI is InChI=1S/C19H14ClFN2O4/c1-10-9-16(25)17(19(26)27-10)15(24)8-7-14-11(2)22-23(18(14)20)13-5-3-12(21)4-6-13/h3-9,17H,1-2H3/b8-7+. The molecule has 0 aliphatic carbocycles. The monoisotopic (exact) mass is 388 g/mol. The van der Waals surface area contributed by atoms with Gasteiger partial charge in [0.2, 0.25) is 0 Å². The average molecular weight is 389 g/mol. The summed E-state index contributed by atoms with van der Waals surface area (Å²) in [5.41, 5.74) is 1.50. The minimum absolute atomic E-state index is 0.150. The average Bonchev–Trinajstić information content (AvgIpc) is 2.87. The number of hydrogen-bond donors (Lipinski definition) is 0. The van der Waals surface area contributed by atoms with E-state index in [1.807, 2.05) is 0 Å². The van der Waals surface area contributed by atoms with E-state index >= 15 is 0 Å². The molecule has 0 N–H and O–H groups in total. The van der Waals surface area contributed by atoms with Crippen molar-refractivity contribution in [1.29, 1.82) is 0 Å². The largest absolute Gasteiger partial charge is 0.430 e. The highest BCUT2D eigenvalue weighted by Crippen LogP contribution is 2.25. The molecule has 2 aromatic rings. The molecule has 1 aromatic heterocycles. The minimum atomic E-state index is -1.52. The number of aryl methyl sites for hydroxylation is 1. The molecule has 138 valence electrons. The molecule has 1 aromatic carbocycles. The lowest BCUT2D eigenvalue weighted by atomic mass is 9.96. The van der Waals surface area contributed by atoms with Crippen LogP contribution in [0.3, 0.4) is 0 Å². The molecule has 0 saturated carbocycles. The molecule has 27 heavy (non-hydrogen) atoms. The van der Waals surface area contributed by atoms with E-state index < -0.39 is 29.3 Å². The van der Waals surface area contributed by atoms with Crippen LogP contribution in [0, 0.1) is 18.7 Å². The fourth-order valence-corrected chi connectivity index (χ4v) is 2.95. The summed E-state index contributed by atoms with van der Waals surface area (Å²) in [7, 11) is 0. The third-order valence-electron chi connectivity index (χ3n) is 3.95. The maximum Gasteiger partial charge on any atom is 0.329 e. The zero-order chi connectivity index (χ0) is 19.7. The summed E-state index contributed by atoms with van der Waals surface area (Å²) < 4.78 is 19.3. The number of allylic oxidation sites excluding steroid dienone is 3. The Bertz CT molecular complexity index is 1010. The summed E-state index contributed by atoms with van der Waals surface area (Å²) in [5, 5.41) is 4.48. The van der Waals surface area contributed by atoms with E-state index in [4.69, 9.17) is 16.3 Å². The van der Waals surface area contributed by atoms with E-state index in [1.165, 1.54) is 41.9 Å². The van der Waals surface area contributed by atoms with Crippen LogP contribution in [-0.4, -0.2) is 27.3 Å². The zero-order valence-corrected chi connectivity index (χ0v) is 15.2. The molecule has 2 heterocycles. The highest BCUT2D eigenvalue weighted by atomic mass is 35.5. The number of nitrogens with zero attached hydrogens (tertiary/aromatic N) is 2. The van der Waals surface area contributed by atoms with E-state index in [2.05, 4.69) is 5.10 Å². The van der Waals surface area contributed by atoms with Crippen molar-refractivity contribution >= 4 is 35.2 Å². The molecule has 0 fully saturated rings. The van der Waals surface area contributed by atoms with E-state index in [1.54, 1.807) is 6.92 Å². The topological polar surface area (TPSA) is 78.3 Å². The summed E-state index contributed by atoms with van der Waals surface area (Å²) in [6.07, 6.45) is 3.60. The van der Waals surface area contributed by atoms with Gasteiger partial charge in [-0.05, 0) is 50.3 Å². The lowest BCUT2D eigenvalue weighted by Crippen LogP contribution is -2.34. The van der Waals surface area contributed by atoms with Crippen molar-refractivity contribution < 1.29 is 23.5 Å². The molecule has 0 saturated heterocycles. The number of carbonyl (C=O) groups is 3. The quantitative estimate of drug-likeness (QED) is 0.456. The molecule has 6 nitrogen and oxygen atoms in total. The van der Waals surface area contributed by atoms with Gasteiger partial charge in [0.25, 0.3) is 0 Å². The van der Waals surface area contributed by atoms with Gasteiger partial charge in [-0.25, -0.2) is 9.07 Å². The molecular weight excluding hydrogens is 375 g/mol. The number of halogens is 2. The minimum Gasteiger partial charge on any atom is -0.430 e. The van der Waals surface area contributed by atoms with E-state index in [0.29, 0.717) is 16.9 Å². The molecule has 0 radical (unpaired) electrons. The van der Waals surface area contributed by atoms with Crippen molar-refractivity contribution in [1.82, 2.24) is 9.78 Å². The molecule has 1 atom stereocenters. The molecule has 1 aliphatic heterocycles. The first-order valence-electron chi connectivity index (χ1n) is 7.94. The van der Waals surface area contributed by atoms with Gasteiger partial charge in [-0.1, -0.05) is 11.6 Å². The summed E-state index contributed by atoms with van der Waals surface area (Å²) >= 11 is 6.33. The van der Waals surface area contributed by atoms with Gasteiger partial charge in [-0.15, -0.1) is 0 Å². The number of aromatic nitrogens is 2. The zero-order valence-electron chi connectivity index (χ0n) is 14.4. The molecule has 8 heteroatoms. The Hall–Kier alpha value is -3.06. The fraction of sp³-hybridized carbons (Fsp3) is 0.158. The predicted octanol–water partition coefficient (Wildman–Crippen LogP) is 3.20. The van der Waals surface area contributed by atoms with Crippen molar-refractivity contribution in [3.63, 3.8) is 0 Å². The molecule has 1 aliphatic rings. The van der Waals surface area contributed by atoms with Crippen LogP contribution in [0.2, 0.25) is 5.15 Å². The van der Waals surface area contributed by atoms with Gasteiger partial charge in [0.15, 0.2) is 17.5 Å². The fourth-order valence-electron chi connectivity index (χ4n) is 2.62. The molecule has 0 spiro atoms. The number of ketones is 2. The van der Waals surface area contributed by atoms with Crippen molar-refractivity contribution in [2.24, 2.45) is 5.92 Å². The van der Waals surface area contributed by atoms with Crippen LogP contribution in [0.15, 0.2) is 42.2 Å². The Morgan fingerprint density at radius 3 is 2.56 bits per heavy atom. The Kier molecular flexibility index (Phi) is 5.05. The lowest BCUT2D eigenvalue weighted by molar-refractivity contribution is -0.151. The molecule has 0 amide bonds. The first-order chi connectivity index (χ1) is 12.8. The third-order valence-corrected chi connectivity index (χ3v) is 4.31. The van der Waals surface area contributed by atoms with Gasteiger partial charge in [0.1, 0.15) is 16.7 Å². The van der Waals surface area contributed by atoms with Crippen molar-refractivity contribution in [2.75, 3.05) is 0 Å². The molecular formula is C19H14ClFN2O4. The van der Waals surface area contributed by atoms with Crippen molar-refractivity contribution in [2.45, 2.75) is 13.8 Å². The van der Waals surface area contributed by atoms with Crippen LogP contribution >= 0.6 is 11.6 Å². The maximum atomic E-state index is 13.1. The van der Waals surface area contributed by atoms with Crippen LogP contribution in [0.25, 0.3) is 11.8 Å². The van der Waals surface area contributed by atoms with Crippen LogP contribution in [-0.2, 0) is 19.1 Å². The highest BCUT2D eigenvalue weighted by Gasteiger charge is 2.36. The summed E-state index contributed by atoms with van der Waals surface area (Å²) in [6, 6.07) is 5.57. The van der Waals surface area contributed by atoms with E-state index in [9.17, 15) is 18.8 Å². The van der Waals surface area contributed by atoms with Crippen LogP contribution < -0.4 is 0 Å². The molecule has 3 rings (SSSR count). The first kappa shape index (κ1) is 18.7. The molecule has 0 bridgehead atoms. The van der Waals surface area contributed by atoms with Gasteiger partial charge >= 0.3 is 5.97 Å². The number of hydrogen-bond acceptors (Lipinski definition) is 5. The number of cyclic esters (lactones) is 1. The van der Waals surface area contributed by atoms with Gasteiger partial charge < -0.3 is 4.74 Å². The van der Waals surface area contributed by atoms with E-state index in [0.717, 1.165) is 12.2 Å². The molecule has 1 unspecified atom stereocenters. The normalized spacial score (nSPS) is 17.2.